The zero-order valence-corrected chi connectivity index (χ0v) is 9.22. The zero-order chi connectivity index (χ0) is 12.1. The second kappa shape index (κ2) is 5.81. The molecule has 0 bridgehead atoms. The summed E-state index contributed by atoms with van der Waals surface area (Å²) in [6.45, 7) is 1.93. The zero-order valence-electron chi connectivity index (χ0n) is 8.40. The molecule has 0 aliphatic carbocycles. The first-order chi connectivity index (χ1) is 6.75. The van der Waals surface area contributed by atoms with Crippen LogP contribution in [-0.4, -0.2) is 32.2 Å². The van der Waals surface area contributed by atoms with Crippen LogP contribution in [0.4, 0.5) is 0 Å². The normalized spacial score (nSPS) is 12.9. The van der Waals surface area contributed by atoms with Gasteiger partial charge in [0.15, 0.2) is 0 Å². The summed E-state index contributed by atoms with van der Waals surface area (Å²) in [6.07, 6.45) is 3.81. The summed E-state index contributed by atoms with van der Waals surface area (Å²) < 4.78 is 33.4. The van der Waals surface area contributed by atoms with Crippen LogP contribution in [0.25, 0.3) is 0 Å². The minimum absolute atomic E-state index is 0.417. The van der Waals surface area contributed by atoms with Crippen molar-refractivity contribution in [3.8, 4) is 0 Å². The molecular weight excluding hydrogens is 224 g/mol. The van der Waals surface area contributed by atoms with Crippen LogP contribution in [0.3, 0.4) is 0 Å². The van der Waals surface area contributed by atoms with Crippen LogP contribution in [0, 0.1) is 0 Å². The average Bonchev–Trinajstić information content (AvgIpc) is 2.47. The Morgan fingerprint density at radius 1 is 1.53 bits per heavy atom. The van der Waals surface area contributed by atoms with Crippen molar-refractivity contribution >= 4 is 10.4 Å². The van der Waals surface area contributed by atoms with Crippen molar-refractivity contribution in [1.82, 2.24) is 9.55 Å². The fraction of sp³-hybridized carbons (Fsp3) is 0.571. The van der Waals surface area contributed by atoms with Crippen LogP contribution >= 0.6 is 0 Å². The highest BCUT2D eigenvalue weighted by Gasteiger charge is 2.07. The molecule has 88 valence electrons. The fourth-order valence-electron chi connectivity index (χ4n) is 0.881. The van der Waals surface area contributed by atoms with Crippen LogP contribution < -0.4 is 0 Å². The van der Waals surface area contributed by atoms with Crippen molar-refractivity contribution < 1.29 is 22.6 Å². The first-order valence-electron chi connectivity index (χ1n) is 4.10. The van der Waals surface area contributed by atoms with Crippen molar-refractivity contribution in [1.29, 1.82) is 0 Å². The van der Waals surface area contributed by atoms with Crippen LogP contribution in [0.5, 0.6) is 0 Å². The number of hydrogen-bond donors (Lipinski definition) is 3. The van der Waals surface area contributed by atoms with E-state index >= 15 is 0 Å². The summed E-state index contributed by atoms with van der Waals surface area (Å²) in [5.41, 5.74) is 0. The highest BCUT2D eigenvalue weighted by molar-refractivity contribution is 7.79. The van der Waals surface area contributed by atoms with Crippen molar-refractivity contribution in [3.05, 3.63) is 18.2 Å². The molecule has 0 spiro atoms. The van der Waals surface area contributed by atoms with Crippen LogP contribution in [-0.2, 0) is 17.4 Å². The quantitative estimate of drug-likeness (QED) is 0.635. The van der Waals surface area contributed by atoms with Gasteiger partial charge >= 0.3 is 10.4 Å². The number of nitrogens with zero attached hydrogens (tertiary/aromatic N) is 2. The van der Waals surface area contributed by atoms with Crippen molar-refractivity contribution in [2.24, 2.45) is 7.05 Å². The lowest BCUT2D eigenvalue weighted by molar-refractivity contribution is 0.160. The third-order valence-electron chi connectivity index (χ3n) is 1.54. The molecule has 0 fully saturated rings. The molecule has 1 heterocycles. The van der Waals surface area contributed by atoms with Gasteiger partial charge in [0.2, 0.25) is 0 Å². The molecule has 1 rings (SSSR count). The second-order valence-electron chi connectivity index (χ2n) is 2.77. The predicted octanol–water partition coefficient (Wildman–Crippen LogP) is 0.211. The molecule has 0 aliphatic rings. The third-order valence-corrected chi connectivity index (χ3v) is 1.54. The van der Waals surface area contributed by atoms with E-state index in [1.54, 1.807) is 6.20 Å². The van der Waals surface area contributed by atoms with Crippen molar-refractivity contribution in [2.75, 3.05) is 0 Å². The average molecular weight is 238 g/mol. The number of aliphatic hydroxyl groups excluding tert-OH is 1. The number of aromatic nitrogens is 2. The smallest absolute Gasteiger partial charge is 0.385 e. The Kier molecular flexibility index (Phi) is 5.44. The lowest BCUT2D eigenvalue weighted by atomic mass is 10.3. The summed E-state index contributed by atoms with van der Waals surface area (Å²) in [4.78, 5) is 4.00. The second-order valence-corrected chi connectivity index (χ2v) is 3.66. The van der Waals surface area contributed by atoms with Crippen molar-refractivity contribution in [3.63, 3.8) is 0 Å². The maximum Gasteiger partial charge on any atom is 0.394 e. The summed E-state index contributed by atoms with van der Waals surface area (Å²) >= 11 is 0. The Balaban J connectivity index is 0.000000336. The highest BCUT2D eigenvalue weighted by atomic mass is 32.3. The molecule has 0 saturated carbocycles. The molecular formula is C7H14N2O5S. The molecule has 0 saturated heterocycles. The van der Waals surface area contributed by atoms with E-state index in [-0.39, 0.29) is 0 Å². The topological polar surface area (TPSA) is 113 Å². The molecule has 1 aromatic heterocycles. The van der Waals surface area contributed by atoms with Gasteiger partial charge in [0.05, 0.1) is 0 Å². The van der Waals surface area contributed by atoms with Gasteiger partial charge in [0, 0.05) is 19.4 Å². The first-order valence-corrected chi connectivity index (χ1v) is 5.50. The van der Waals surface area contributed by atoms with Gasteiger partial charge in [-0.3, -0.25) is 9.11 Å². The van der Waals surface area contributed by atoms with Crippen LogP contribution in [0.15, 0.2) is 12.4 Å². The largest absolute Gasteiger partial charge is 0.394 e. The third kappa shape index (κ3) is 7.03. The SMILES string of the molecule is CCC(O)c1nccn1C.O=S(=O)(O)O. The molecule has 1 aromatic rings. The summed E-state index contributed by atoms with van der Waals surface area (Å²) in [5.74, 6) is 0.738. The standard InChI is InChI=1S/C7H12N2O.H2O4S/c1-3-6(10)7-8-4-5-9(7)2;1-5(2,3)4/h4-6,10H,3H2,1-2H3;(H2,1,2,3,4). The molecule has 1 unspecified atom stereocenters. The Morgan fingerprint density at radius 3 is 2.27 bits per heavy atom. The number of rotatable bonds is 2. The summed E-state index contributed by atoms with van der Waals surface area (Å²) in [6, 6.07) is 0. The first kappa shape index (κ1) is 14.0. The maximum atomic E-state index is 9.32. The van der Waals surface area contributed by atoms with Gasteiger partial charge in [-0.05, 0) is 6.42 Å². The predicted molar refractivity (Wildman–Crippen MR) is 52.6 cm³/mol. The molecule has 7 nitrogen and oxygen atoms in total. The Labute approximate surface area is 88.0 Å². The number of imidazole rings is 1. The Bertz CT molecular complexity index is 378. The van der Waals surface area contributed by atoms with E-state index < -0.39 is 16.5 Å². The molecule has 0 radical (unpaired) electrons. The van der Waals surface area contributed by atoms with Gasteiger partial charge in [0.25, 0.3) is 0 Å². The van der Waals surface area contributed by atoms with Gasteiger partial charge in [-0.1, -0.05) is 6.92 Å². The van der Waals surface area contributed by atoms with Gasteiger partial charge in [-0.25, -0.2) is 4.98 Å². The van der Waals surface area contributed by atoms with E-state index in [1.807, 2.05) is 24.7 Å². The molecule has 0 aromatic carbocycles. The summed E-state index contributed by atoms with van der Waals surface area (Å²) in [5, 5.41) is 9.32. The van der Waals surface area contributed by atoms with E-state index in [0.717, 1.165) is 5.82 Å². The lowest BCUT2D eigenvalue weighted by Crippen LogP contribution is -2.03. The van der Waals surface area contributed by atoms with Gasteiger partial charge < -0.3 is 9.67 Å². The Morgan fingerprint density at radius 2 is 2.00 bits per heavy atom. The monoisotopic (exact) mass is 238 g/mol. The van der Waals surface area contributed by atoms with Gasteiger partial charge in [-0.15, -0.1) is 0 Å². The molecule has 0 amide bonds. The molecule has 3 N–H and O–H groups in total. The molecule has 8 heteroatoms. The Hall–Kier alpha value is -0.960. The van der Waals surface area contributed by atoms with Crippen molar-refractivity contribution in [2.45, 2.75) is 19.4 Å². The van der Waals surface area contributed by atoms with Gasteiger partial charge in [0.1, 0.15) is 11.9 Å². The lowest BCUT2D eigenvalue weighted by Gasteiger charge is -2.05. The fourth-order valence-corrected chi connectivity index (χ4v) is 0.881. The summed E-state index contributed by atoms with van der Waals surface area (Å²) in [7, 11) is -2.79. The molecule has 0 aliphatic heterocycles. The maximum absolute atomic E-state index is 9.32. The van der Waals surface area contributed by atoms with E-state index in [2.05, 4.69) is 4.98 Å². The van der Waals surface area contributed by atoms with Crippen LogP contribution in [0.2, 0.25) is 0 Å². The van der Waals surface area contributed by atoms with E-state index in [0.29, 0.717) is 6.42 Å². The molecule has 15 heavy (non-hydrogen) atoms. The van der Waals surface area contributed by atoms with E-state index in [1.165, 1.54) is 0 Å². The number of aryl methyl sites for hydroxylation is 1. The number of hydrogen-bond acceptors (Lipinski definition) is 4. The highest BCUT2D eigenvalue weighted by Crippen LogP contribution is 2.11. The van der Waals surface area contributed by atoms with E-state index in [9.17, 15) is 5.11 Å². The van der Waals surface area contributed by atoms with Crippen LogP contribution in [0.1, 0.15) is 25.3 Å². The minimum Gasteiger partial charge on any atom is -0.385 e. The van der Waals surface area contributed by atoms with Gasteiger partial charge in [-0.2, -0.15) is 8.42 Å². The number of aliphatic hydroxyl groups is 1. The minimum atomic E-state index is -4.67. The van der Waals surface area contributed by atoms with E-state index in [4.69, 9.17) is 17.5 Å². The molecule has 1 atom stereocenters.